The van der Waals surface area contributed by atoms with Gasteiger partial charge in [0.25, 0.3) is 0 Å². The van der Waals surface area contributed by atoms with Crippen LogP contribution in [0.1, 0.15) is 0 Å². The van der Waals surface area contributed by atoms with Crippen molar-refractivity contribution < 1.29 is 0 Å². The fourth-order valence-electron chi connectivity index (χ4n) is 0.883. The number of benzene rings is 1. The molecule has 0 aromatic heterocycles. The highest BCUT2D eigenvalue weighted by molar-refractivity contribution is 14.1. The Labute approximate surface area is 83.7 Å². The first-order chi connectivity index (χ1) is 5.86. The molecule has 0 saturated heterocycles. The molecule has 12 heavy (non-hydrogen) atoms. The van der Waals surface area contributed by atoms with Crippen LogP contribution in [0, 0.1) is 3.57 Å². The maximum absolute atomic E-state index is 3.89. The zero-order valence-corrected chi connectivity index (χ0v) is 8.24. The van der Waals surface area contributed by atoms with Crippen LogP contribution in [0.5, 0.6) is 0 Å². The molecule has 0 amide bonds. The number of nitrogens with zero attached hydrogens (tertiary/aromatic N) is 2. The van der Waals surface area contributed by atoms with Gasteiger partial charge in [-0.05, 0) is 46.9 Å². The Morgan fingerprint density at radius 1 is 1.33 bits per heavy atom. The van der Waals surface area contributed by atoms with E-state index < -0.39 is 0 Å². The van der Waals surface area contributed by atoms with Gasteiger partial charge in [0.15, 0.2) is 0 Å². The van der Waals surface area contributed by atoms with Crippen LogP contribution in [-0.2, 0) is 0 Å². The summed E-state index contributed by atoms with van der Waals surface area (Å²) in [6.07, 6.45) is 2.57. The van der Waals surface area contributed by atoms with Crippen molar-refractivity contribution in [3.8, 4) is 0 Å². The van der Waals surface area contributed by atoms with E-state index >= 15 is 0 Å². The van der Waals surface area contributed by atoms with Crippen molar-refractivity contribution in [3.63, 3.8) is 0 Å². The van der Waals surface area contributed by atoms with E-state index in [1.165, 1.54) is 3.57 Å². The SMILES string of the molecule is Ic1ccc(N2N=[C]NN2)cc1. The molecule has 0 aliphatic carbocycles. The van der Waals surface area contributed by atoms with Gasteiger partial charge in [0.2, 0.25) is 6.34 Å². The van der Waals surface area contributed by atoms with Gasteiger partial charge in [0.1, 0.15) is 0 Å². The van der Waals surface area contributed by atoms with Gasteiger partial charge >= 0.3 is 0 Å². The second-order valence-electron chi connectivity index (χ2n) is 2.24. The second-order valence-corrected chi connectivity index (χ2v) is 3.48. The lowest BCUT2D eigenvalue weighted by molar-refractivity contribution is 0.666. The van der Waals surface area contributed by atoms with E-state index in [0.29, 0.717) is 0 Å². The number of anilines is 1. The van der Waals surface area contributed by atoms with Gasteiger partial charge in [-0.3, -0.25) is 5.43 Å². The molecule has 1 aliphatic heterocycles. The van der Waals surface area contributed by atoms with E-state index in [1.807, 2.05) is 24.3 Å². The molecule has 1 aromatic rings. The largest absolute Gasteiger partial charge is 0.281 e. The van der Waals surface area contributed by atoms with Crippen molar-refractivity contribution >= 4 is 34.6 Å². The number of halogens is 1. The normalized spacial score (nSPS) is 14.9. The third kappa shape index (κ3) is 1.51. The summed E-state index contributed by atoms with van der Waals surface area (Å²) in [7, 11) is 0. The van der Waals surface area contributed by atoms with Crippen molar-refractivity contribution in [1.29, 1.82) is 0 Å². The van der Waals surface area contributed by atoms with Gasteiger partial charge in [-0.2, -0.15) is 5.12 Å². The smallest absolute Gasteiger partial charge is 0.209 e. The van der Waals surface area contributed by atoms with E-state index in [1.54, 1.807) is 5.12 Å². The fourth-order valence-corrected chi connectivity index (χ4v) is 1.24. The van der Waals surface area contributed by atoms with Crippen molar-refractivity contribution in [2.45, 2.75) is 0 Å². The molecule has 0 atom stereocenters. The maximum Gasteiger partial charge on any atom is 0.209 e. The van der Waals surface area contributed by atoms with Gasteiger partial charge < -0.3 is 0 Å². The lowest BCUT2D eigenvalue weighted by atomic mass is 10.3. The Bertz CT molecular complexity index is 295. The van der Waals surface area contributed by atoms with Crippen LogP contribution in [-0.4, -0.2) is 6.34 Å². The molecule has 0 spiro atoms. The van der Waals surface area contributed by atoms with Crippen LogP contribution in [0.4, 0.5) is 5.69 Å². The van der Waals surface area contributed by atoms with E-state index in [-0.39, 0.29) is 0 Å². The highest BCUT2D eigenvalue weighted by Crippen LogP contribution is 2.15. The molecule has 0 saturated carbocycles. The summed E-state index contributed by atoms with van der Waals surface area (Å²) in [6, 6.07) is 8.00. The summed E-state index contributed by atoms with van der Waals surface area (Å²) in [6.45, 7) is 0. The monoisotopic (exact) mass is 273 g/mol. The Morgan fingerprint density at radius 3 is 2.67 bits per heavy atom. The van der Waals surface area contributed by atoms with Gasteiger partial charge in [0.05, 0.1) is 5.69 Å². The second kappa shape index (κ2) is 3.28. The van der Waals surface area contributed by atoms with Gasteiger partial charge in [-0.15, -0.1) is 10.6 Å². The van der Waals surface area contributed by atoms with Crippen LogP contribution in [0.25, 0.3) is 0 Å². The molecule has 61 valence electrons. The molecule has 1 aromatic carbocycles. The minimum atomic E-state index is 0.980. The van der Waals surface area contributed by atoms with E-state index in [9.17, 15) is 0 Å². The molecule has 5 heteroatoms. The zero-order valence-electron chi connectivity index (χ0n) is 6.08. The predicted octanol–water partition coefficient (Wildman–Crippen LogP) is 0.941. The molecule has 1 radical (unpaired) electrons. The van der Waals surface area contributed by atoms with Gasteiger partial charge in [-0.25, -0.2) is 0 Å². The first kappa shape index (κ1) is 7.81. The quantitative estimate of drug-likeness (QED) is 0.748. The summed E-state index contributed by atoms with van der Waals surface area (Å²) < 4.78 is 1.21. The molecule has 0 unspecified atom stereocenters. The molecule has 2 N–H and O–H groups in total. The number of hydrogen-bond acceptors (Lipinski definition) is 4. The highest BCUT2D eigenvalue weighted by atomic mass is 127. The number of rotatable bonds is 1. The van der Waals surface area contributed by atoms with Crippen molar-refractivity contribution in [2.24, 2.45) is 5.10 Å². The number of hydrazone groups is 1. The fraction of sp³-hybridized carbons (Fsp3) is 0. The van der Waals surface area contributed by atoms with Gasteiger partial charge in [-0.1, -0.05) is 0 Å². The van der Waals surface area contributed by atoms with E-state index in [2.05, 4.69) is 45.0 Å². The van der Waals surface area contributed by atoms with Crippen molar-refractivity contribution in [3.05, 3.63) is 27.8 Å². The Morgan fingerprint density at radius 2 is 2.08 bits per heavy atom. The highest BCUT2D eigenvalue weighted by Gasteiger charge is 2.06. The van der Waals surface area contributed by atoms with Crippen molar-refractivity contribution in [2.75, 3.05) is 5.12 Å². The summed E-state index contributed by atoms with van der Waals surface area (Å²) in [4.78, 5) is 0. The molecular weight excluding hydrogens is 267 g/mol. The number of nitrogens with one attached hydrogen (secondary N) is 2. The summed E-state index contributed by atoms with van der Waals surface area (Å²) >= 11 is 2.26. The average Bonchev–Trinajstić information content (AvgIpc) is 2.58. The molecule has 2 rings (SSSR count). The topological polar surface area (TPSA) is 39.7 Å². The van der Waals surface area contributed by atoms with Crippen LogP contribution in [0.3, 0.4) is 0 Å². The summed E-state index contributed by atoms with van der Waals surface area (Å²) in [5.74, 6) is 0. The van der Waals surface area contributed by atoms with Crippen LogP contribution in [0.15, 0.2) is 29.4 Å². The van der Waals surface area contributed by atoms with E-state index in [0.717, 1.165) is 5.69 Å². The number of hydrogen-bond donors (Lipinski definition) is 2. The lowest BCUT2D eigenvalue weighted by Gasteiger charge is -2.12. The van der Waals surface area contributed by atoms with Crippen LogP contribution >= 0.6 is 22.6 Å². The third-order valence-corrected chi connectivity index (χ3v) is 2.16. The first-order valence-electron chi connectivity index (χ1n) is 3.38. The Balaban J connectivity index is 2.23. The Hall–Kier alpha value is -0.820. The molecule has 0 bridgehead atoms. The molecule has 1 heterocycles. The standard InChI is InChI=1S/C7H6IN4/c8-6-1-3-7(4-2-6)12-10-5-9-11-12/h1-4,11H,(H,9,10). The van der Waals surface area contributed by atoms with Crippen molar-refractivity contribution in [1.82, 2.24) is 11.0 Å². The average molecular weight is 273 g/mol. The third-order valence-electron chi connectivity index (χ3n) is 1.44. The lowest BCUT2D eigenvalue weighted by Crippen LogP contribution is -2.36. The summed E-state index contributed by atoms with van der Waals surface area (Å²) in [5, 5.41) is 5.50. The molecular formula is C7H6IN4. The zero-order chi connectivity index (χ0) is 8.39. The first-order valence-corrected chi connectivity index (χ1v) is 4.46. The van der Waals surface area contributed by atoms with Gasteiger partial charge in [0, 0.05) is 3.57 Å². The van der Waals surface area contributed by atoms with E-state index in [4.69, 9.17) is 0 Å². The number of hydrazine groups is 2. The minimum absolute atomic E-state index is 0.980. The molecule has 0 fully saturated rings. The predicted molar refractivity (Wildman–Crippen MR) is 55.3 cm³/mol. The molecule has 1 aliphatic rings. The Kier molecular flexibility index (Phi) is 2.13. The summed E-state index contributed by atoms with van der Waals surface area (Å²) in [5.41, 5.74) is 6.42. The molecule has 4 nitrogen and oxygen atoms in total. The van der Waals surface area contributed by atoms with Crippen LogP contribution < -0.4 is 16.1 Å². The van der Waals surface area contributed by atoms with Crippen LogP contribution in [0.2, 0.25) is 0 Å². The minimum Gasteiger partial charge on any atom is -0.281 e. The maximum atomic E-state index is 3.89.